The van der Waals surface area contributed by atoms with Crippen LogP contribution in [0.5, 0.6) is 5.75 Å². The fourth-order valence-electron chi connectivity index (χ4n) is 3.59. The summed E-state index contributed by atoms with van der Waals surface area (Å²) >= 11 is 6.98. The van der Waals surface area contributed by atoms with Crippen molar-refractivity contribution in [2.45, 2.75) is 26.8 Å². The van der Waals surface area contributed by atoms with E-state index in [9.17, 15) is 14.4 Å². The van der Waals surface area contributed by atoms with E-state index in [1.165, 1.54) is 29.6 Å². The number of nitrogens with zero attached hydrogens (tertiary/aromatic N) is 2. The van der Waals surface area contributed by atoms with Gasteiger partial charge in [0.25, 0.3) is 5.56 Å². The lowest BCUT2D eigenvalue weighted by Gasteiger charge is -2.23. The van der Waals surface area contributed by atoms with Gasteiger partial charge in [-0.15, -0.1) is 11.3 Å². The monoisotopic (exact) mass is 720 g/mol. The zero-order valence-corrected chi connectivity index (χ0v) is 24.2. The summed E-state index contributed by atoms with van der Waals surface area (Å²) < 4.78 is 14.4. The van der Waals surface area contributed by atoms with Crippen molar-refractivity contribution in [3.05, 3.63) is 78.2 Å². The van der Waals surface area contributed by atoms with Crippen LogP contribution in [0.4, 0.5) is 0 Å². The Kier molecular flexibility index (Phi) is 7.74. The molecule has 2 aromatic heterocycles. The predicted molar refractivity (Wildman–Crippen MR) is 148 cm³/mol. The van der Waals surface area contributed by atoms with E-state index in [1.807, 2.05) is 29.6 Å². The molecule has 4 rings (SSSR count). The molecule has 1 atom stereocenters. The van der Waals surface area contributed by atoms with E-state index >= 15 is 0 Å². The van der Waals surface area contributed by atoms with E-state index in [4.69, 9.17) is 9.47 Å². The van der Waals surface area contributed by atoms with E-state index in [0.717, 1.165) is 12.0 Å². The van der Waals surface area contributed by atoms with Gasteiger partial charge in [0, 0.05) is 20.9 Å². The summed E-state index contributed by atoms with van der Waals surface area (Å²) in [5, 5.41) is 1.91. The van der Waals surface area contributed by atoms with Crippen molar-refractivity contribution in [1.82, 2.24) is 4.57 Å². The third-order valence-corrected chi connectivity index (χ3v) is 8.23. The number of esters is 2. The number of ether oxygens (including phenoxy) is 2. The summed E-state index contributed by atoms with van der Waals surface area (Å²) in [6, 6.07) is 6.90. The Balaban J connectivity index is 1.96. The van der Waals surface area contributed by atoms with Crippen LogP contribution in [0.2, 0.25) is 0 Å². The Bertz CT molecular complexity index is 1500. The van der Waals surface area contributed by atoms with Gasteiger partial charge in [-0.2, -0.15) is 0 Å². The predicted octanol–water partition coefficient (Wildman–Crippen LogP) is 3.99. The molecule has 0 spiro atoms. The maximum Gasteiger partial charge on any atom is 0.338 e. The molecule has 34 heavy (non-hydrogen) atoms. The SMILES string of the molecule is CCOC(=O)C1=C(C)N=c2s/c(=C\c3cc(I)cc(I)c3OC(C)=O)c(=O)n2[C@H]1c1cccs1. The molecule has 11 heteroatoms. The molecule has 0 amide bonds. The van der Waals surface area contributed by atoms with Crippen LogP contribution in [-0.2, 0) is 14.3 Å². The van der Waals surface area contributed by atoms with Crippen molar-refractivity contribution in [3.63, 3.8) is 0 Å². The number of fused-ring (bicyclic) bond motifs is 1. The third-order valence-electron chi connectivity index (χ3n) is 4.90. The first-order chi connectivity index (χ1) is 16.2. The minimum absolute atomic E-state index is 0.224. The highest BCUT2D eigenvalue weighted by atomic mass is 127. The number of rotatable bonds is 5. The van der Waals surface area contributed by atoms with Crippen LogP contribution < -0.4 is 19.6 Å². The first kappa shape index (κ1) is 25.3. The van der Waals surface area contributed by atoms with Crippen LogP contribution in [0.25, 0.3) is 6.08 Å². The molecule has 1 aromatic carbocycles. The molecular weight excluding hydrogens is 702 g/mol. The number of hydrogen-bond acceptors (Lipinski definition) is 8. The third kappa shape index (κ3) is 4.93. The standard InChI is InChI=1S/C23H18I2N2O5S2/c1-4-31-22(30)18-11(2)26-23-27(19(18)16-6-5-7-33-16)21(29)17(34-23)9-13-8-14(24)10-15(25)20(13)32-12(3)28/h5-10,19H,4H2,1-3H3/b17-9-/t19-/m0/s1. The highest BCUT2D eigenvalue weighted by molar-refractivity contribution is 14.1. The normalized spacial score (nSPS) is 15.7. The van der Waals surface area contributed by atoms with Crippen LogP contribution in [0.1, 0.15) is 37.3 Å². The van der Waals surface area contributed by atoms with Gasteiger partial charge in [0.05, 0.1) is 26.0 Å². The van der Waals surface area contributed by atoms with Gasteiger partial charge in [-0.1, -0.05) is 17.4 Å². The Hall–Kier alpha value is -1.84. The molecule has 3 heterocycles. The van der Waals surface area contributed by atoms with Crippen molar-refractivity contribution >= 4 is 85.9 Å². The largest absolute Gasteiger partial charge is 0.463 e. The van der Waals surface area contributed by atoms with Crippen LogP contribution >= 0.6 is 67.9 Å². The molecule has 0 fully saturated rings. The second-order valence-corrected chi connectivity index (χ2v) is 11.6. The van der Waals surface area contributed by atoms with Gasteiger partial charge in [0.1, 0.15) is 6.04 Å². The molecule has 1 aliphatic rings. The zero-order chi connectivity index (χ0) is 24.6. The Labute approximate surface area is 230 Å². The second-order valence-electron chi connectivity index (χ2n) is 7.22. The number of thiophene rings is 1. The van der Waals surface area contributed by atoms with Crippen LogP contribution in [-0.4, -0.2) is 23.1 Å². The Morgan fingerprint density at radius 2 is 2.06 bits per heavy atom. The van der Waals surface area contributed by atoms with Crippen molar-refractivity contribution in [2.24, 2.45) is 4.99 Å². The fourth-order valence-corrected chi connectivity index (χ4v) is 7.45. The first-order valence-electron chi connectivity index (χ1n) is 10.1. The average molecular weight is 720 g/mol. The zero-order valence-electron chi connectivity index (χ0n) is 18.3. The van der Waals surface area contributed by atoms with Gasteiger partial charge in [-0.25, -0.2) is 9.79 Å². The maximum atomic E-state index is 13.7. The second kappa shape index (κ2) is 10.4. The number of aromatic nitrogens is 1. The van der Waals surface area contributed by atoms with Crippen LogP contribution in [0, 0.1) is 7.14 Å². The minimum atomic E-state index is -0.624. The number of benzene rings is 1. The van der Waals surface area contributed by atoms with E-state index in [2.05, 4.69) is 50.2 Å². The lowest BCUT2D eigenvalue weighted by Crippen LogP contribution is -2.39. The lowest BCUT2D eigenvalue weighted by atomic mass is 10.0. The highest BCUT2D eigenvalue weighted by Gasteiger charge is 2.33. The first-order valence-corrected chi connectivity index (χ1v) is 14.0. The molecule has 0 radical (unpaired) electrons. The number of allylic oxidation sites excluding steroid dienone is 1. The molecule has 0 saturated heterocycles. The number of carbonyl (C=O) groups excluding carboxylic acids is 2. The smallest absolute Gasteiger partial charge is 0.338 e. The van der Waals surface area contributed by atoms with Gasteiger partial charge in [0.15, 0.2) is 10.6 Å². The Morgan fingerprint density at radius 1 is 1.29 bits per heavy atom. The van der Waals surface area contributed by atoms with E-state index < -0.39 is 18.0 Å². The summed E-state index contributed by atoms with van der Waals surface area (Å²) in [4.78, 5) is 44.1. The summed E-state index contributed by atoms with van der Waals surface area (Å²) in [7, 11) is 0. The van der Waals surface area contributed by atoms with Gasteiger partial charge in [-0.3, -0.25) is 14.2 Å². The van der Waals surface area contributed by atoms with Crippen molar-refractivity contribution < 1.29 is 19.1 Å². The van der Waals surface area contributed by atoms with Gasteiger partial charge < -0.3 is 9.47 Å². The molecule has 0 unspecified atom stereocenters. The van der Waals surface area contributed by atoms with E-state index in [1.54, 1.807) is 24.5 Å². The number of halogens is 2. The summed E-state index contributed by atoms with van der Waals surface area (Å²) in [5.74, 6) is -0.527. The van der Waals surface area contributed by atoms with E-state index in [-0.39, 0.29) is 12.2 Å². The van der Waals surface area contributed by atoms with Crippen molar-refractivity contribution in [1.29, 1.82) is 0 Å². The molecule has 0 bridgehead atoms. The highest BCUT2D eigenvalue weighted by Crippen LogP contribution is 2.33. The fraction of sp³-hybridized carbons (Fsp3) is 0.217. The van der Waals surface area contributed by atoms with Gasteiger partial charge in [0.2, 0.25) is 0 Å². The lowest BCUT2D eigenvalue weighted by molar-refractivity contribution is -0.139. The summed E-state index contributed by atoms with van der Waals surface area (Å²) in [6.45, 7) is 5.06. The number of hydrogen-bond donors (Lipinski definition) is 0. The molecule has 0 N–H and O–H groups in total. The maximum absolute atomic E-state index is 13.7. The van der Waals surface area contributed by atoms with Crippen molar-refractivity contribution in [3.8, 4) is 5.75 Å². The molecule has 0 aliphatic carbocycles. The van der Waals surface area contributed by atoms with E-state index in [0.29, 0.717) is 31.9 Å². The number of thiazole rings is 1. The average Bonchev–Trinajstić information content (AvgIpc) is 3.38. The summed E-state index contributed by atoms with van der Waals surface area (Å²) in [5.41, 5.74) is 1.21. The summed E-state index contributed by atoms with van der Waals surface area (Å²) in [6.07, 6.45) is 1.71. The van der Waals surface area contributed by atoms with Crippen LogP contribution in [0.15, 0.2) is 50.7 Å². The molecule has 7 nitrogen and oxygen atoms in total. The molecule has 0 saturated carbocycles. The Morgan fingerprint density at radius 3 is 2.71 bits per heavy atom. The van der Waals surface area contributed by atoms with Gasteiger partial charge >= 0.3 is 11.9 Å². The quantitative estimate of drug-likeness (QED) is 0.226. The molecular formula is C23H18I2N2O5S2. The minimum Gasteiger partial charge on any atom is -0.463 e. The van der Waals surface area contributed by atoms with Crippen molar-refractivity contribution in [2.75, 3.05) is 6.61 Å². The van der Waals surface area contributed by atoms with Crippen LogP contribution in [0.3, 0.4) is 0 Å². The topological polar surface area (TPSA) is 87.0 Å². The molecule has 176 valence electrons. The number of carbonyl (C=O) groups is 2. The van der Waals surface area contributed by atoms with Gasteiger partial charge in [-0.05, 0) is 88.7 Å². The molecule has 1 aliphatic heterocycles. The molecule has 3 aromatic rings.